The van der Waals surface area contributed by atoms with Gasteiger partial charge in [0.05, 0.1) is 0 Å². The minimum atomic E-state index is -0.676. The van der Waals surface area contributed by atoms with E-state index in [1.54, 1.807) is 4.90 Å². The number of halogens is 2. The summed E-state index contributed by atoms with van der Waals surface area (Å²) in [7, 11) is 0. The molecule has 2 aliphatic carbocycles. The molecule has 0 atom stereocenters. The largest absolute Gasteiger partial charge is 0.344 e. The average Bonchev–Trinajstić information content (AvgIpc) is 3.01. The number of rotatable bonds is 5. The van der Waals surface area contributed by atoms with E-state index in [2.05, 4.69) is 10.3 Å². The molecule has 1 N–H and O–H groups in total. The number of hydrogen-bond acceptors (Lipinski definition) is 4. The second-order valence-corrected chi connectivity index (χ2v) is 11.1. The number of hydrogen-bond donors (Lipinski definition) is 1. The van der Waals surface area contributed by atoms with Crippen LogP contribution in [0.1, 0.15) is 70.6 Å². The van der Waals surface area contributed by atoms with Crippen molar-refractivity contribution in [3.63, 3.8) is 0 Å². The van der Waals surface area contributed by atoms with Crippen LogP contribution in [0.2, 0.25) is 0 Å². The highest BCUT2D eigenvalue weighted by atomic mass is 19.1. The maximum absolute atomic E-state index is 13.9. The summed E-state index contributed by atoms with van der Waals surface area (Å²) in [6.45, 7) is 3.59. The maximum Gasteiger partial charge on any atom is 0.344 e. The van der Waals surface area contributed by atoms with Gasteiger partial charge in [-0.15, -0.1) is 0 Å². The van der Waals surface area contributed by atoms with Gasteiger partial charge in [-0.05, 0) is 88.5 Å². The lowest BCUT2D eigenvalue weighted by atomic mass is 9.72. The summed E-state index contributed by atoms with van der Waals surface area (Å²) in [6, 6.07) is 0.220. The van der Waals surface area contributed by atoms with Gasteiger partial charge in [0.2, 0.25) is 5.91 Å². The Morgan fingerprint density at radius 3 is 2.09 bits per heavy atom. The van der Waals surface area contributed by atoms with Crippen molar-refractivity contribution in [2.24, 2.45) is 11.8 Å². The Morgan fingerprint density at radius 2 is 1.49 bits per heavy atom. The Bertz CT molecular complexity index is 765. The van der Waals surface area contributed by atoms with Crippen LogP contribution in [0.5, 0.6) is 0 Å². The number of urea groups is 1. The number of carbonyl (C=O) groups is 2. The third-order valence-corrected chi connectivity index (χ3v) is 8.93. The Kier molecular flexibility index (Phi) is 7.80. The Hall–Kier alpha value is -1.90. The van der Waals surface area contributed by atoms with Gasteiger partial charge in [0.1, 0.15) is 24.7 Å². The number of alkyl halides is 2. The molecule has 0 aromatic rings. The minimum absolute atomic E-state index is 0.0313. The molecule has 3 amide bonds. The molecule has 0 aromatic carbocycles. The zero-order valence-corrected chi connectivity index (χ0v) is 20.8. The summed E-state index contributed by atoms with van der Waals surface area (Å²) in [5.74, 6) is 1.70. The quantitative estimate of drug-likeness (QED) is 0.633. The fourth-order valence-electron chi connectivity index (χ4n) is 6.95. The first-order chi connectivity index (χ1) is 17.0. The summed E-state index contributed by atoms with van der Waals surface area (Å²) in [6.07, 6.45) is 9.89. The number of hydrazine groups is 1. The van der Waals surface area contributed by atoms with Gasteiger partial charge in [0.25, 0.3) is 0 Å². The maximum atomic E-state index is 13.9. The normalized spacial score (nSPS) is 33.6. The van der Waals surface area contributed by atoms with E-state index in [-0.39, 0.29) is 18.5 Å². The molecule has 2 saturated heterocycles. The molecule has 0 aromatic heterocycles. The van der Waals surface area contributed by atoms with Gasteiger partial charge in [-0.3, -0.25) is 20.0 Å². The van der Waals surface area contributed by atoms with Gasteiger partial charge >= 0.3 is 6.03 Å². The van der Waals surface area contributed by atoms with E-state index in [0.717, 1.165) is 63.9 Å². The van der Waals surface area contributed by atoms with Gasteiger partial charge < -0.3 is 4.90 Å². The van der Waals surface area contributed by atoms with Crippen LogP contribution < -0.4 is 5.43 Å². The molecule has 0 bridgehead atoms. The van der Waals surface area contributed by atoms with E-state index in [9.17, 15) is 18.4 Å². The van der Waals surface area contributed by atoms with Gasteiger partial charge in [-0.1, -0.05) is 0 Å². The zero-order valence-electron chi connectivity index (χ0n) is 20.8. The number of piperazine rings is 1. The van der Waals surface area contributed by atoms with E-state index >= 15 is 0 Å². The molecule has 0 spiro atoms. The monoisotopic (exact) mass is 493 g/mol. The molecular weight excluding hydrogens is 452 g/mol. The molecule has 3 heterocycles. The third kappa shape index (κ3) is 5.59. The van der Waals surface area contributed by atoms with E-state index < -0.39 is 12.3 Å². The standard InChI is InChI=1S/C26H41F2N5O2/c27-21-9-5-19(6-10-21)25(20-7-11-22(28)12-8-20)31-16-14-30(15-17-31)24(34)18-33-26(35)32-13-3-1-2-4-23(32)29-33/h4,19-22,25,29H,1-3,5-18H2. The molecule has 3 aliphatic heterocycles. The first-order valence-corrected chi connectivity index (χ1v) is 13.9. The minimum Gasteiger partial charge on any atom is -0.339 e. The summed E-state index contributed by atoms with van der Waals surface area (Å²) in [4.78, 5) is 32.0. The number of nitrogens with one attached hydrogen (secondary N) is 1. The number of nitrogens with zero attached hydrogens (tertiary/aromatic N) is 4. The second kappa shape index (κ2) is 11.0. The zero-order chi connectivity index (χ0) is 24.4. The summed E-state index contributed by atoms with van der Waals surface area (Å²) >= 11 is 0. The van der Waals surface area contributed by atoms with Gasteiger partial charge in [-0.2, -0.15) is 0 Å². The lowest BCUT2D eigenvalue weighted by molar-refractivity contribution is -0.134. The number of fused-ring (bicyclic) bond motifs is 1. The van der Waals surface area contributed by atoms with Gasteiger partial charge in [0, 0.05) is 38.8 Å². The van der Waals surface area contributed by atoms with E-state index in [0.29, 0.717) is 63.2 Å². The number of carbonyl (C=O) groups excluding carboxylic acids is 2. The van der Waals surface area contributed by atoms with Crippen molar-refractivity contribution in [3.05, 3.63) is 11.9 Å². The molecule has 4 fully saturated rings. The molecule has 5 aliphatic rings. The fourth-order valence-corrected chi connectivity index (χ4v) is 6.95. The molecule has 2 saturated carbocycles. The van der Waals surface area contributed by atoms with Crippen LogP contribution in [0, 0.1) is 11.8 Å². The SMILES string of the molecule is O=C(CN1NC2=CCCCCN2C1=O)N1CCN(C(C2CCC(F)CC2)C2CCC(F)CC2)CC1. The molecule has 7 nitrogen and oxygen atoms in total. The highest BCUT2D eigenvalue weighted by Gasteiger charge is 2.40. The van der Waals surface area contributed by atoms with Crippen molar-refractivity contribution < 1.29 is 18.4 Å². The van der Waals surface area contributed by atoms with E-state index in [1.165, 1.54) is 5.01 Å². The Labute approximate surface area is 207 Å². The summed E-state index contributed by atoms with van der Waals surface area (Å²) in [5.41, 5.74) is 3.12. The molecule has 9 heteroatoms. The fraction of sp³-hybridized carbons (Fsp3) is 0.846. The van der Waals surface area contributed by atoms with Crippen LogP contribution in [0.25, 0.3) is 0 Å². The Morgan fingerprint density at radius 1 is 0.886 bits per heavy atom. The number of amides is 3. The lowest BCUT2D eigenvalue weighted by Crippen LogP contribution is -2.57. The predicted molar refractivity (Wildman–Crippen MR) is 130 cm³/mol. The smallest absolute Gasteiger partial charge is 0.339 e. The van der Waals surface area contributed by atoms with Crippen LogP contribution in [0.15, 0.2) is 11.9 Å². The van der Waals surface area contributed by atoms with Crippen molar-refractivity contribution >= 4 is 11.9 Å². The molecule has 0 unspecified atom stereocenters. The molecule has 0 radical (unpaired) electrons. The van der Waals surface area contributed by atoms with Crippen LogP contribution in [-0.2, 0) is 4.79 Å². The Balaban J connectivity index is 1.17. The van der Waals surface area contributed by atoms with Crippen LogP contribution in [0.3, 0.4) is 0 Å². The molecular formula is C26H41F2N5O2. The van der Waals surface area contributed by atoms with Crippen molar-refractivity contribution in [1.82, 2.24) is 25.1 Å². The first-order valence-electron chi connectivity index (χ1n) is 13.9. The highest BCUT2D eigenvalue weighted by Crippen LogP contribution is 2.40. The second-order valence-electron chi connectivity index (χ2n) is 11.1. The van der Waals surface area contributed by atoms with E-state index in [1.807, 2.05) is 11.0 Å². The van der Waals surface area contributed by atoms with Crippen LogP contribution in [0.4, 0.5) is 13.6 Å². The van der Waals surface area contributed by atoms with Crippen molar-refractivity contribution in [2.75, 3.05) is 39.3 Å². The van der Waals surface area contributed by atoms with E-state index in [4.69, 9.17) is 0 Å². The predicted octanol–water partition coefficient (Wildman–Crippen LogP) is 3.82. The van der Waals surface area contributed by atoms with Crippen LogP contribution >= 0.6 is 0 Å². The van der Waals surface area contributed by atoms with Crippen molar-refractivity contribution in [3.8, 4) is 0 Å². The molecule has 35 heavy (non-hydrogen) atoms. The lowest BCUT2D eigenvalue weighted by Gasteiger charge is -2.48. The average molecular weight is 494 g/mol. The van der Waals surface area contributed by atoms with Gasteiger partial charge in [0.15, 0.2) is 0 Å². The summed E-state index contributed by atoms with van der Waals surface area (Å²) < 4.78 is 27.7. The first kappa shape index (κ1) is 24.8. The topological polar surface area (TPSA) is 59.1 Å². The van der Waals surface area contributed by atoms with Crippen LogP contribution in [-0.4, -0.2) is 89.3 Å². The highest BCUT2D eigenvalue weighted by molar-refractivity contribution is 5.86. The van der Waals surface area contributed by atoms with Gasteiger partial charge in [-0.25, -0.2) is 18.6 Å². The number of allylic oxidation sites excluding steroid dienone is 1. The summed E-state index contributed by atoms with van der Waals surface area (Å²) in [5, 5.41) is 1.44. The molecule has 196 valence electrons. The third-order valence-electron chi connectivity index (χ3n) is 8.93. The van der Waals surface area contributed by atoms with Crippen molar-refractivity contribution in [2.45, 2.75) is 89.0 Å². The molecule has 5 rings (SSSR count). The van der Waals surface area contributed by atoms with Crippen molar-refractivity contribution in [1.29, 1.82) is 0 Å².